The number of likely N-dealkylation sites (tertiary alicyclic amines) is 1. The number of nitrogens with two attached hydrogens (primary N) is 1. The quantitative estimate of drug-likeness (QED) is 0.825. The van der Waals surface area contributed by atoms with Crippen LogP contribution in [-0.2, 0) is 4.79 Å². The molecule has 3 nitrogen and oxygen atoms in total. The number of amides is 1. The molecule has 0 aromatic heterocycles. The number of carbonyl (C=O) groups is 1. The van der Waals surface area contributed by atoms with Gasteiger partial charge < -0.3 is 10.6 Å². The first-order valence-corrected chi connectivity index (χ1v) is 6.57. The van der Waals surface area contributed by atoms with Gasteiger partial charge in [-0.2, -0.15) is 11.8 Å². The number of rotatable bonds is 3. The van der Waals surface area contributed by atoms with Gasteiger partial charge in [0.25, 0.3) is 0 Å². The number of hydrogen-bond acceptors (Lipinski definition) is 3. The molecule has 5 heteroatoms. The molecule has 2 atom stereocenters. The Morgan fingerprint density at radius 2 is 2.27 bits per heavy atom. The summed E-state index contributed by atoms with van der Waals surface area (Å²) < 4.78 is 0. The SMILES string of the molecule is CSCCC(=O)N1CCC(N)C(C)C1.Cl. The van der Waals surface area contributed by atoms with Crippen molar-refractivity contribution in [3.8, 4) is 0 Å². The minimum Gasteiger partial charge on any atom is -0.342 e. The summed E-state index contributed by atoms with van der Waals surface area (Å²) in [7, 11) is 0. The molecule has 1 rings (SSSR count). The molecule has 1 fully saturated rings. The second kappa shape index (κ2) is 7.36. The number of thioether (sulfide) groups is 1. The van der Waals surface area contributed by atoms with E-state index in [9.17, 15) is 4.79 Å². The van der Waals surface area contributed by atoms with Crippen molar-refractivity contribution in [2.75, 3.05) is 25.1 Å². The van der Waals surface area contributed by atoms with Gasteiger partial charge in [-0.05, 0) is 18.6 Å². The highest BCUT2D eigenvalue weighted by Gasteiger charge is 2.25. The highest BCUT2D eigenvalue weighted by atomic mass is 35.5. The Hall–Kier alpha value is 0.0700. The molecule has 0 bridgehead atoms. The molecule has 1 saturated heterocycles. The van der Waals surface area contributed by atoms with Crippen molar-refractivity contribution in [1.29, 1.82) is 0 Å². The third-order valence-corrected chi connectivity index (χ3v) is 3.46. The maximum atomic E-state index is 11.7. The average Bonchev–Trinajstić information content (AvgIpc) is 2.18. The fourth-order valence-electron chi connectivity index (χ4n) is 1.74. The van der Waals surface area contributed by atoms with Crippen molar-refractivity contribution in [2.24, 2.45) is 11.7 Å². The normalized spacial score (nSPS) is 25.9. The Morgan fingerprint density at radius 3 is 2.80 bits per heavy atom. The third-order valence-electron chi connectivity index (χ3n) is 2.84. The van der Waals surface area contributed by atoms with Gasteiger partial charge in [-0.15, -0.1) is 12.4 Å². The van der Waals surface area contributed by atoms with E-state index in [0.717, 1.165) is 25.3 Å². The van der Waals surface area contributed by atoms with Crippen LogP contribution in [0, 0.1) is 5.92 Å². The van der Waals surface area contributed by atoms with Crippen LogP contribution < -0.4 is 5.73 Å². The van der Waals surface area contributed by atoms with Crippen molar-refractivity contribution in [2.45, 2.75) is 25.8 Å². The van der Waals surface area contributed by atoms with Gasteiger partial charge in [0, 0.05) is 31.3 Å². The summed E-state index contributed by atoms with van der Waals surface area (Å²) in [6.07, 6.45) is 3.65. The van der Waals surface area contributed by atoms with Crippen LogP contribution in [-0.4, -0.2) is 41.9 Å². The smallest absolute Gasteiger partial charge is 0.223 e. The van der Waals surface area contributed by atoms with Crippen molar-refractivity contribution < 1.29 is 4.79 Å². The van der Waals surface area contributed by atoms with Crippen LogP contribution in [0.3, 0.4) is 0 Å². The fourth-order valence-corrected chi connectivity index (χ4v) is 2.12. The van der Waals surface area contributed by atoms with E-state index in [1.54, 1.807) is 11.8 Å². The lowest BCUT2D eigenvalue weighted by molar-refractivity contribution is -0.132. The zero-order valence-electron chi connectivity index (χ0n) is 9.44. The maximum absolute atomic E-state index is 11.7. The van der Waals surface area contributed by atoms with E-state index in [4.69, 9.17) is 5.73 Å². The Balaban J connectivity index is 0.00000196. The van der Waals surface area contributed by atoms with Gasteiger partial charge >= 0.3 is 0 Å². The molecule has 0 aromatic carbocycles. The van der Waals surface area contributed by atoms with E-state index in [1.807, 2.05) is 11.2 Å². The summed E-state index contributed by atoms with van der Waals surface area (Å²) >= 11 is 1.72. The van der Waals surface area contributed by atoms with Gasteiger partial charge in [0.05, 0.1) is 0 Å². The molecule has 1 aliphatic heterocycles. The van der Waals surface area contributed by atoms with Gasteiger partial charge in [-0.1, -0.05) is 6.92 Å². The second-order valence-corrected chi connectivity index (χ2v) is 5.00. The van der Waals surface area contributed by atoms with Crippen LogP contribution in [0.4, 0.5) is 0 Å². The van der Waals surface area contributed by atoms with Crippen LogP contribution >= 0.6 is 24.2 Å². The summed E-state index contributed by atoms with van der Waals surface area (Å²) in [6.45, 7) is 3.81. The minimum absolute atomic E-state index is 0. The minimum atomic E-state index is 0. The lowest BCUT2D eigenvalue weighted by Crippen LogP contribution is -2.48. The molecule has 2 unspecified atom stereocenters. The standard InChI is InChI=1S/C10H20N2OS.ClH/c1-8-7-12(5-3-9(8)11)10(13)4-6-14-2;/h8-9H,3-7,11H2,1-2H3;1H. The first-order chi connectivity index (χ1) is 6.65. The predicted octanol–water partition coefficient (Wildman–Crippen LogP) is 1.36. The fraction of sp³-hybridized carbons (Fsp3) is 0.900. The maximum Gasteiger partial charge on any atom is 0.223 e. The molecule has 1 amide bonds. The van der Waals surface area contributed by atoms with Crippen molar-refractivity contribution >= 4 is 30.1 Å². The van der Waals surface area contributed by atoms with Crippen LogP contribution in [0.1, 0.15) is 19.8 Å². The van der Waals surface area contributed by atoms with E-state index in [-0.39, 0.29) is 24.4 Å². The summed E-state index contributed by atoms with van der Waals surface area (Å²) in [5, 5.41) is 0. The molecule has 15 heavy (non-hydrogen) atoms. The third kappa shape index (κ3) is 4.62. The topological polar surface area (TPSA) is 46.3 Å². The van der Waals surface area contributed by atoms with Gasteiger partial charge in [0.1, 0.15) is 0 Å². The lowest BCUT2D eigenvalue weighted by atomic mass is 9.95. The number of hydrogen-bond donors (Lipinski definition) is 1. The van der Waals surface area contributed by atoms with Gasteiger partial charge in [0.15, 0.2) is 0 Å². The number of halogens is 1. The molecular formula is C10H21ClN2OS. The molecule has 0 radical (unpaired) electrons. The molecule has 1 aliphatic rings. The molecule has 0 aromatic rings. The molecule has 1 heterocycles. The Morgan fingerprint density at radius 1 is 1.60 bits per heavy atom. The number of piperidine rings is 1. The van der Waals surface area contributed by atoms with Crippen molar-refractivity contribution in [1.82, 2.24) is 4.90 Å². The Bertz CT molecular complexity index is 204. The predicted molar refractivity (Wildman–Crippen MR) is 68.6 cm³/mol. The van der Waals surface area contributed by atoms with Crippen LogP contribution in [0.5, 0.6) is 0 Å². The summed E-state index contributed by atoms with van der Waals surface area (Å²) in [6, 6.07) is 0.277. The summed E-state index contributed by atoms with van der Waals surface area (Å²) in [5.74, 6) is 1.66. The average molecular weight is 253 g/mol. The Kier molecular flexibility index (Phi) is 7.40. The summed E-state index contributed by atoms with van der Waals surface area (Å²) in [4.78, 5) is 13.6. The zero-order valence-corrected chi connectivity index (χ0v) is 11.1. The van der Waals surface area contributed by atoms with E-state index in [0.29, 0.717) is 12.3 Å². The lowest BCUT2D eigenvalue weighted by Gasteiger charge is -2.35. The molecule has 90 valence electrons. The molecule has 0 aliphatic carbocycles. The number of nitrogens with zero attached hydrogens (tertiary/aromatic N) is 1. The highest BCUT2D eigenvalue weighted by Crippen LogP contribution is 2.15. The zero-order chi connectivity index (χ0) is 10.6. The molecule has 0 spiro atoms. The first kappa shape index (κ1) is 15.1. The molecule has 2 N–H and O–H groups in total. The van der Waals surface area contributed by atoms with Crippen LogP contribution in [0.25, 0.3) is 0 Å². The van der Waals surface area contributed by atoms with Gasteiger partial charge in [-0.3, -0.25) is 4.79 Å². The van der Waals surface area contributed by atoms with Crippen molar-refractivity contribution in [3.63, 3.8) is 0 Å². The second-order valence-electron chi connectivity index (χ2n) is 4.01. The van der Waals surface area contributed by atoms with Crippen LogP contribution in [0.2, 0.25) is 0 Å². The largest absolute Gasteiger partial charge is 0.342 e. The van der Waals surface area contributed by atoms with Crippen LogP contribution in [0.15, 0.2) is 0 Å². The molecular weight excluding hydrogens is 232 g/mol. The Labute approximate surface area is 103 Å². The van der Waals surface area contributed by atoms with E-state index < -0.39 is 0 Å². The first-order valence-electron chi connectivity index (χ1n) is 5.17. The van der Waals surface area contributed by atoms with E-state index in [2.05, 4.69) is 6.92 Å². The van der Waals surface area contributed by atoms with E-state index >= 15 is 0 Å². The number of carbonyl (C=O) groups excluding carboxylic acids is 1. The molecule has 0 saturated carbocycles. The monoisotopic (exact) mass is 252 g/mol. The van der Waals surface area contributed by atoms with Gasteiger partial charge in [0.2, 0.25) is 5.91 Å². The van der Waals surface area contributed by atoms with Crippen molar-refractivity contribution in [3.05, 3.63) is 0 Å². The van der Waals surface area contributed by atoms with Gasteiger partial charge in [-0.25, -0.2) is 0 Å². The summed E-state index contributed by atoms with van der Waals surface area (Å²) in [5.41, 5.74) is 5.90. The highest BCUT2D eigenvalue weighted by molar-refractivity contribution is 7.98. The van der Waals surface area contributed by atoms with E-state index in [1.165, 1.54) is 0 Å².